The number of nitrogens with zero attached hydrogens (tertiary/aromatic N) is 3. The van der Waals surface area contributed by atoms with Crippen LogP contribution in [-0.4, -0.2) is 32.7 Å². The number of rotatable bonds is 6. The van der Waals surface area contributed by atoms with E-state index < -0.39 is 0 Å². The Morgan fingerprint density at radius 3 is 2.79 bits per heavy atom. The minimum absolute atomic E-state index is 0.0956. The van der Waals surface area contributed by atoms with E-state index in [4.69, 9.17) is 22.4 Å². The third-order valence-corrected chi connectivity index (χ3v) is 4.36. The van der Waals surface area contributed by atoms with Gasteiger partial charge in [-0.1, -0.05) is 24.4 Å². The van der Waals surface area contributed by atoms with Crippen LogP contribution in [-0.2, 0) is 0 Å². The fourth-order valence-electron chi connectivity index (χ4n) is 2.00. The van der Waals surface area contributed by atoms with Crippen LogP contribution in [0, 0.1) is 17.8 Å². The summed E-state index contributed by atoms with van der Waals surface area (Å²) in [5.74, 6) is 6.80. The van der Waals surface area contributed by atoms with Gasteiger partial charge in [0.2, 0.25) is 5.95 Å². The van der Waals surface area contributed by atoms with Gasteiger partial charge >= 0.3 is 0 Å². The number of aliphatic hydroxyl groups excluding tert-OH is 1. The van der Waals surface area contributed by atoms with Crippen molar-refractivity contribution < 1.29 is 5.11 Å². The molecule has 0 aliphatic heterocycles. The van der Waals surface area contributed by atoms with Gasteiger partial charge in [-0.2, -0.15) is 9.97 Å². The molecule has 2 rings (SSSR count). The third-order valence-electron chi connectivity index (χ3n) is 3.40. The summed E-state index contributed by atoms with van der Waals surface area (Å²) >= 11 is 7.63. The SMILES string of the molecule is CC(CO)CCC(C)Nc1nc(N)nc(Cl)c1C#Cc1nccs1. The molecule has 2 heterocycles. The van der Waals surface area contributed by atoms with Crippen LogP contribution < -0.4 is 11.1 Å². The lowest BCUT2D eigenvalue weighted by Gasteiger charge is -2.17. The highest BCUT2D eigenvalue weighted by Crippen LogP contribution is 2.23. The van der Waals surface area contributed by atoms with E-state index >= 15 is 0 Å². The number of thiazole rings is 1. The maximum absolute atomic E-state index is 9.12. The second-order valence-corrected chi connectivity index (χ2v) is 6.85. The van der Waals surface area contributed by atoms with E-state index in [1.54, 1.807) is 6.20 Å². The van der Waals surface area contributed by atoms with Gasteiger partial charge < -0.3 is 16.2 Å². The number of nitrogens with two attached hydrogens (primary N) is 1. The van der Waals surface area contributed by atoms with E-state index in [0.29, 0.717) is 16.4 Å². The molecule has 0 saturated heterocycles. The van der Waals surface area contributed by atoms with Gasteiger partial charge in [0.1, 0.15) is 11.4 Å². The topological polar surface area (TPSA) is 97.0 Å². The summed E-state index contributed by atoms with van der Waals surface area (Å²) in [5.41, 5.74) is 6.20. The summed E-state index contributed by atoms with van der Waals surface area (Å²) in [6.07, 6.45) is 3.47. The van der Waals surface area contributed by atoms with E-state index in [1.807, 2.05) is 19.2 Å². The fourth-order valence-corrected chi connectivity index (χ4v) is 2.70. The molecule has 2 aromatic heterocycles. The minimum atomic E-state index is 0.0956. The summed E-state index contributed by atoms with van der Waals surface area (Å²) in [7, 11) is 0. The first kappa shape index (κ1) is 18.5. The van der Waals surface area contributed by atoms with Crippen LogP contribution in [0.2, 0.25) is 5.15 Å². The van der Waals surface area contributed by atoms with E-state index in [2.05, 4.69) is 32.1 Å². The Bertz CT molecular complexity index is 726. The quantitative estimate of drug-likeness (QED) is 0.538. The lowest BCUT2D eigenvalue weighted by Crippen LogP contribution is -2.19. The first-order chi connectivity index (χ1) is 11.5. The fraction of sp³-hybridized carbons (Fsp3) is 0.438. The van der Waals surface area contributed by atoms with Crippen LogP contribution in [0.25, 0.3) is 0 Å². The maximum Gasteiger partial charge on any atom is 0.223 e. The third kappa shape index (κ3) is 5.34. The van der Waals surface area contributed by atoms with E-state index in [-0.39, 0.29) is 29.7 Å². The highest BCUT2D eigenvalue weighted by atomic mass is 35.5. The van der Waals surface area contributed by atoms with Crippen molar-refractivity contribution >= 4 is 34.7 Å². The highest BCUT2D eigenvalue weighted by Gasteiger charge is 2.13. The van der Waals surface area contributed by atoms with Gasteiger partial charge in [0.15, 0.2) is 10.2 Å². The standard InChI is InChI=1S/C16H20ClN5OS/c1-10(9-23)3-4-11(2)20-15-12(14(17)21-16(18)22-15)5-6-13-19-7-8-24-13/h7-8,10-11,23H,3-4,9H2,1-2H3,(H3,18,20,21,22). The van der Waals surface area contributed by atoms with E-state index in [9.17, 15) is 0 Å². The van der Waals surface area contributed by atoms with Crippen molar-refractivity contribution in [2.24, 2.45) is 5.92 Å². The van der Waals surface area contributed by atoms with Crippen molar-refractivity contribution in [3.63, 3.8) is 0 Å². The summed E-state index contributed by atoms with van der Waals surface area (Å²) in [6, 6.07) is 0.129. The smallest absolute Gasteiger partial charge is 0.223 e. The van der Waals surface area contributed by atoms with Crippen molar-refractivity contribution in [3.05, 3.63) is 27.3 Å². The largest absolute Gasteiger partial charge is 0.396 e. The average molecular weight is 366 g/mol. The molecule has 0 spiro atoms. The van der Waals surface area contributed by atoms with Crippen molar-refractivity contribution in [2.75, 3.05) is 17.7 Å². The molecule has 0 fully saturated rings. The monoisotopic (exact) mass is 365 g/mol. The second-order valence-electron chi connectivity index (χ2n) is 5.59. The van der Waals surface area contributed by atoms with Crippen molar-refractivity contribution in [3.8, 4) is 11.8 Å². The van der Waals surface area contributed by atoms with Gasteiger partial charge in [-0.25, -0.2) is 4.98 Å². The lowest BCUT2D eigenvalue weighted by atomic mass is 10.0. The number of halogens is 1. The zero-order chi connectivity index (χ0) is 17.5. The number of aliphatic hydroxyl groups is 1. The molecule has 0 amide bonds. The van der Waals surface area contributed by atoms with Crippen LogP contribution >= 0.6 is 22.9 Å². The van der Waals surface area contributed by atoms with Gasteiger partial charge in [0, 0.05) is 24.2 Å². The van der Waals surface area contributed by atoms with Gasteiger partial charge in [-0.3, -0.25) is 0 Å². The van der Waals surface area contributed by atoms with Crippen LogP contribution in [0.4, 0.5) is 11.8 Å². The molecule has 128 valence electrons. The van der Waals surface area contributed by atoms with Crippen molar-refractivity contribution in [1.82, 2.24) is 15.0 Å². The summed E-state index contributed by atoms with van der Waals surface area (Å²) in [5, 5.41) is 15.2. The maximum atomic E-state index is 9.12. The molecular weight excluding hydrogens is 346 g/mol. The van der Waals surface area contributed by atoms with Gasteiger partial charge in [-0.05, 0) is 31.6 Å². The van der Waals surface area contributed by atoms with Crippen LogP contribution in [0.5, 0.6) is 0 Å². The van der Waals surface area contributed by atoms with Gasteiger partial charge in [-0.15, -0.1) is 11.3 Å². The van der Waals surface area contributed by atoms with Crippen molar-refractivity contribution in [2.45, 2.75) is 32.7 Å². The van der Waals surface area contributed by atoms with E-state index in [0.717, 1.165) is 12.8 Å². The van der Waals surface area contributed by atoms with Crippen LogP contribution in [0.15, 0.2) is 11.6 Å². The molecule has 0 aromatic carbocycles. The zero-order valence-corrected chi connectivity index (χ0v) is 15.2. The zero-order valence-electron chi connectivity index (χ0n) is 13.6. The Kier molecular flexibility index (Phi) is 6.79. The second kappa shape index (κ2) is 8.83. The summed E-state index contributed by atoms with van der Waals surface area (Å²) in [6.45, 7) is 4.23. The predicted molar refractivity (Wildman–Crippen MR) is 98.1 cm³/mol. The molecule has 0 saturated carbocycles. The first-order valence-corrected chi connectivity index (χ1v) is 8.87. The lowest BCUT2D eigenvalue weighted by molar-refractivity contribution is 0.227. The van der Waals surface area contributed by atoms with Gasteiger partial charge in [0.05, 0.1) is 0 Å². The molecule has 2 aromatic rings. The number of anilines is 2. The number of aromatic nitrogens is 3. The Balaban J connectivity index is 2.19. The molecule has 4 N–H and O–H groups in total. The molecule has 0 radical (unpaired) electrons. The molecule has 0 aliphatic carbocycles. The Hall–Kier alpha value is -1.88. The van der Waals surface area contributed by atoms with Crippen LogP contribution in [0.1, 0.15) is 37.3 Å². The first-order valence-electron chi connectivity index (χ1n) is 7.61. The predicted octanol–water partition coefficient (Wildman–Crippen LogP) is 2.78. The Morgan fingerprint density at radius 1 is 1.33 bits per heavy atom. The normalized spacial score (nSPS) is 13.0. The summed E-state index contributed by atoms with van der Waals surface area (Å²) in [4.78, 5) is 12.3. The molecule has 6 nitrogen and oxygen atoms in total. The average Bonchev–Trinajstić information content (AvgIpc) is 3.05. The minimum Gasteiger partial charge on any atom is -0.396 e. The molecule has 24 heavy (non-hydrogen) atoms. The molecule has 2 unspecified atom stereocenters. The Labute approximate surface area is 150 Å². The molecule has 0 aliphatic rings. The van der Waals surface area contributed by atoms with E-state index in [1.165, 1.54) is 11.3 Å². The highest BCUT2D eigenvalue weighted by molar-refractivity contribution is 7.10. The summed E-state index contributed by atoms with van der Waals surface area (Å²) < 4.78 is 0. The van der Waals surface area contributed by atoms with Gasteiger partial charge in [0.25, 0.3) is 0 Å². The number of nitrogen functional groups attached to an aromatic ring is 1. The molecule has 2 atom stereocenters. The van der Waals surface area contributed by atoms with Crippen molar-refractivity contribution in [1.29, 1.82) is 0 Å². The molecular formula is C16H20ClN5OS. The molecule has 8 heteroatoms. The Morgan fingerprint density at radius 2 is 2.12 bits per heavy atom. The van der Waals surface area contributed by atoms with Crippen LogP contribution in [0.3, 0.4) is 0 Å². The number of nitrogens with one attached hydrogen (secondary N) is 1. The number of hydrogen-bond donors (Lipinski definition) is 3. The molecule has 0 bridgehead atoms. The number of hydrogen-bond acceptors (Lipinski definition) is 7.